The molecule has 3 heteroatoms. The molecule has 0 aliphatic heterocycles. The first kappa shape index (κ1) is 13.0. The Kier molecular flexibility index (Phi) is 7.07. The minimum absolute atomic E-state index is 0.814. The van der Waals surface area contributed by atoms with Gasteiger partial charge in [-0.25, -0.2) is 0 Å². The predicted octanol–water partition coefficient (Wildman–Crippen LogP) is 3.99. The van der Waals surface area contributed by atoms with E-state index in [4.69, 9.17) is 11.6 Å². The normalized spacial score (nSPS) is 10.5. The van der Waals surface area contributed by atoms with Crippen LogP contribution in [0.1, 0.15) is 24.8 Å². The summed E-state index contributed by atoms with van der Waals surface area (Å²) >= 11 is 9.32. The van der Waals surface area contributed by atoms with E-state index in [2.05, 4.69) is 27.3 Å². The van der Waals surface area contributed by atoms with Crippen LogP contribution in [-0.4, -0.2) is 11.9 Å². The van der Waals surface area contributed by atoms with Gasteiger partial charge in [-0.1, -0.05) is 46.1 Å². The molecule has 0 atom stereocenters. The molecule has 1 aromatic rings. The fourth-order valence-electron chi connectivity index (χ4n) is 1.40. The van der Waals surface area contributed by atoms with Gasteiger partial charge in [-0.15, -0.1) is 0 Å². The molecule has 0 aliphatic carbocycles. The topological polar surface area (TPSA) is 12.0 Å². The maximum absolute atomic E-state index is 5.89. The molecule has 15 heavy (non-hydrogen) atoms. The smallest absolute Gasteiger partial charge is 0.0409 e. The lowest BCUT2D eigenvalue weighted by Gasteiger charge is -2.04. The number of benzene rings is 1. The highest BCUT2D eigenvalue weighted by Gasteiger charge is 1.93. The molecule has 1 aromatic carbocycles. The molecule has 1 nitrogen and oxygen atoms in total. The molecule has 0 aromatic heterocycles. The molecule has 0 spiro atoms. The van der Waals surface area contributed by atoms with E-state index in [0.717, 1.165) is 23.4 Å². The van der Waals surface area contributed by atoms with Crippen LogP contribution >= 0.6 is 27.5 Å². The molecule has 0 aliphatic rings. The van der Waals surface area contributed by atoms with Crippen molar-refractivity contribution in [3.05, 3.63) is 34.9 Å². The van der Waals surface area contributed by atoms with E-state index in [1.807, 2.05) is 18.2 Å². The van der Waals surface area contributed by atoms with Crippen LogP contribution in [0.25, 0.3) is 0 Å². The van der Waals surface area contributed by atoms with Gasteiger partial charge in [-0.2, -0.15) is 0 Å². The van der Waals surface area contributed by atoms with Crippen molar-refractivity contribution in [3.8, 4) is 0 Å². The molecule has 0 unspecified atom stereocenters. The summed E-state index contributed by atoms with van der Waals surface area (Å²) in [6.45, 7) is 1.99. The summed E-state index contributed by atoms with van der Waals surface area (Å²) in [4.78, 5) is 0. The lowest BCUT2D eigenvalue weighted by atomic mass is 10.2. The minimum Gasteiger partial charge on any atom is -0.313 e. The summed E-state index contributed by atoms with van der Waals surface area (Å²) in [6.07, 6.45) is 3.79. The van der Waals surface area contributed by atoms with Crippen molar-refractivity contribution in [2.24, 2.45) is 0 Å². The van der Waals surface area contributed by atoms with Gasteiger partial charge in [0.1, 0.15) is 0 Å². The lowest BCUT2D eigenvalue weighted by Crippen LogP contribution is -2.14. The van der Waals surface area contributed by atoms with Gasteiger partial charge in [0.15, 0.2) is 0 Å². The first-order valence-corrected chi connectivity index (χ1v) is 6.84. The second-order valence-corrected chi connectivity index (χ2v) is 4.79. The van der Waals surface area contributed by atoms with Gasteiger partial charge in [-0.05, 0) is 37.1 Å². The highest BCUT2D eigenvalue weighted by molar-refractivity contribution is 9.09. The van der Waals surface area contributed by atoms with Gasteiger partial charge in [0.25, 0.3) is 0 Å². The molecular weight excluding hydrogens is 273 g/mol. The third kappa shape index (κ3) is 6.18. The Balaban J connectivity index is 2.10. The molecule has 0 saturated carbocycles. The van der Waals surface area contributed by atoms with Crippen LogP contribution < -0.4 is 5.32 Å². The van der Waals surface area contributed by atoms with Crippen LogP contribution in [0.15, 0.2) is 24.3 Å². The summed E-state index contributed by atoms with van der Waals surface area (Å²) in [5.74, 6) is 0. The first-order valence-electron chi connectivity index (χ1n) is 5.34. The quantitative estimate of drug-likeness (QED) is 0.591. The van der Waals surface area contributed by atoms with E-state index in [0.29, 0.717) is 0 Å². The molecular formula is C12H17BrClN. The Labute approximate surface area is 105 Å². The molecule has 1 rings (SSSR count). The van der Waals surface area contributed by atoms with Crippen molar-refractivity contribution >= 4 is 27.5 Å². The predicted molar refractivity (Wildman–Crippen MR) is 70.8 cm³/mol. The molecule has 0 saturated heterocycles. The first-order chi connectivity index (χ1) is 7.33. The summed E-state index contributed by atoms with van der Waals surface area (Å²) in [7, 11) is 0. The number of nitrogens with one attached hydrogen (secondary N) is 1. The zero-order valence-electron chi connectivity index (χ0n) is 8.81. The van der Waals surface area contributed by atoms with E-state index in [1.54, 1.807) is 0 Å². The molecule has 84 valence electrons. The Hall–Kier alpha value is -0.0500. The fourth-order valence-corrected chi connectivity index (χ4v) is 2.01. The molecule has 0 radical (unpaired) electrons. The highest BCUT2D eigenvalue weighted by atomic mass is 79.9. The summed E-state index contributed by atoms with van der Waals surface area (Å²) in [5, 5.41) is 5.34. The van der Waals surface area contributed by atoms with E-state index < -0.39 is 0 Å². The van der Waals surface area contributed by atoms with E-state index in [-0.39, 0.29) is 0 Å². The molecule has 1 N–H and O–H groups in total. The molecule has 0 fully saturated rings. The van der Waals surface area contributed by atoms with Gasteiger partial charge in [0, 0.05) is 16.9 Å². The maximum Gasteiger partial charge on any atom is 0.0409 e. The van der Waals surface area contributed by atoms with E-state index in [1.165, 1.54) is 24.8 Å². The summed E-state index contributed by atoms with van der Waals surface area (Å²) < 4.78 is 0. The highest BCUT2D eigenvalue weighted by Crippen LogP contribution is 2.10. The second kappa shape index (κ2) is 8.14. The van der Waals surface area contributed by atoms with Crippen LogP contribution in [0.3, 0.4) is 0 Å². The van der Waals surface area contributed by atoms with Crippen molar-refractivity contribution in [3.63, 3.8) is 0 Å². The molecule has 0 heterocycles. The molecule has 0 bridgehead atoms. The van der Waals surface area contributed by atoms with Crippen LogP contribution in [0.5, 0.6) is 0 Å². The number of hydrogen-bond acceptors (Lipinski definition) is 1. The number of unbranched alkanes of at least 4 members (excludes halogenated alkanes) is 2. The number of hydrogen-bond donors (Lipinski definition) is 1. The van der Waals surface area contributed by atoms with Crippen LogP contribution in [0, 0.1) is 0 Å². The zero-order valence-corrected chi connectivity index (χ0v) is 11.1. The Morgan fingerprint density at radius 1 is 1.20 bits per heavy atom. The SMILES string of the molecule is Clc1cccc(CNCCCCCBr)c1. The lowest BCUT2D eigenvalue weighted by molar-refractivity contribution is 0.619. The second-order valence-electron chi connectivity index (χ2n) is 3.56. The summed E-state index contributed by atoms with van der Waals surface area (Å²) in [5.41, 5.74) is 1.25. The number of halogens is 2. The van der Waals surface area contributed by atoms with Crippen molar-refractivity contribution < 1.29 is 0 Å². The van der Waals surface area contributed by atoms with Crippen LogP contribution in [0.2, 0.25) is 5.02 Å². The monoisotopic (exact) mass is 289 g/mol. The van der Waals surface area contributed by atoms with Gasteiger partial charge < -0.3 is 5.32 Å². The fraction of sp³-hybridized carbons (Fsp3) is 0.500. The van der Waals surface area contributed by atoms with Crippen LogP contribution in [0.4, 0.5) is 0 Å². The van der Waals surface area contributed by atoms with Crippen molar-refractivity contribution in [1.29, 1.82) is 0 Å². The minimum atomic E-state index is 0.814. The average molecular weight is 291 g/mol. The zero-order chi connectivity index (χ0) is 10.9. The van der Waals surface area contributed by atoms with Gasteiger partial charge in [0.05, 0.1) is 0 Å². The Bertz CT molecular complexity index is 278. The average Bonchev–Trinajstić information content (AvgIpc) is 2.23. The molecule has 0 amide bonds. The van der Waals surface area contributed by atoms with Gasteiger partial charge in [-0.3, -0.25) is 0 Å². The number of alkyl halides is 1. The third-order valence-corrected chi connectivity index (χ3v) is 3.00. The van der Waals surface area contributed by atoms with Gasteiger partial charge >= 0.3 is 0 Å². The van der Waals surface area contributed by atoms with Crippen LogP contribution in [-0.2, 0) is 6.54 Å². The maximum atomic E-state index is 5.89. The Morgan fingerprint density at radius 3 is 2.80 bits per heavy atom. The van der Waals surface area contributed by atoms with Gasteiger partial charge in [0.2, 0.25) is 0 Å². The van der Waals surface area contributed by atoms with Crippen molar-refractivity contribution in [1.82, 2.24) is 5.32 Å². The summed E-state index contributed by atoms with van der Waals surface area (Å²) in [6, 6.07) is 8.00. The third-order valence-electron chi connectivity index (χ3n) is 2.21. The largest absolute Gasteiger partial charge is 0.313 e. The van der Waals surface area contributed by atoms with Crippen molar-refractivity contribution in [2.45, 2.75) is 25.8 Å². The Morgan fingerprint density at radius 2 is 2.07 bits per heavy atom. The van der Waals surface area contributed by atoms with E-state index in [9.17, 15) is 0 Å². The van der Waals surface area contributed by atoms with Crippen molar-refractivity contribution in [2.75, 3.05) is 11.9 Å². The standard InChI is InChI=1S/C12H17BrClN/c13-7-2-1-3-8-15-10-11-5-4-6-12(14)9-11/h4-6,9,15H,1-3,7-8,10H2. The van der Waals surface area contributed by atoms with E-state index >= 15 is 0 Å². The number of rotatable bonds is 7.